The molecule has 0 radical (unpaired) electrons. The van der Waals surface area contributed by atoms with E-state index < -0.39 is 10.0 Å². The molecule has 0 fully saturated rings. The maximum Gasteiger partial charge on any atom is 0.319 e. The number of hydrogen-bond acceptors (Lipinski definition) is 4. The summed E-state index contributed by atoms with van der Waals surface area (Å²) in [4.78, 5) is 14.4. The summed E-state index contributed by atoms with van der Waals surface area (Å²) in [5.74, 6) is 0. The minimum absolute atomic E-state index is 0.139. The van der Waals surface area contributed by atoms with E-state index in [9.17, 15) is 13.2 Å². The smallest absolute Gasteiger partial charge is 0.319 e. The minimum Gasteiger partial charge on any atom is -0.334 e. The molecule has 7 nitrogen and oxygen atoms in total. The van der Waals surface area contributed by atoms with Crippen molar-refractivity contribution >= 4 is 21.7 Å². The summed E-state index contributed by atoms with van der Waals surface area (Å²) in [6, 6.07) is 13.7. The van der Waals surface area contributed by atoms with Gasteiger partial charge in [0.2, 0.25) is 10.0 Å². The van der Waals surface area contributed by atoms with Crippen molar-refractivity contribution in [2.75, 3.05) is 26.5 Å². The molecule has 2 amide bonds. The van der Waals surface area contributed by atoms with Crippen molar-refractivity contribution < 1.29 is 13.2 Å². The van der Waals surface area contributed by atoms with E-state index in [1.807, 2.05) is 40.1 Å². The van der Waals surface area contributed by atoms with Crippen LogP contribution < -0.4 is 10.6 Å². The quantitative estimate of drug-likeness (QED) is 0.690. The number of rotatable bonds is 8. The van der Waals surface area contributed by atoms with E-state index in [0.717, 1.165) is 12.1 Å². The summed E-state index contributed by atoms with van der Waals surface area (Å²) in [6.07, 6.45) is 0. The zero-order chi connectivity index (χ0) is 21.6. The van der Waals surface area contributed by atoms with E-state index in [0.29, 0.717) is 12.2 Å². The fraction of sp³-hybridized carbons (Fsp3) is 0.381. The summed E-state index contributed by atoms with van der Waals surface area (Å²) < 4.78 is 26.3. The minimum atomic E-state index is -3.54. The predicted molar refractivity (Wildman–Crippen MR) is 116 cm³/mol. The molecule has 0 bridgehead atoms. The predicted octanol–water partition coefficient (Wildman–Crippen LogP) is 3.10. The Morgan fingerprint density at radius 2 is 1.62 bits per heavy atom. The molecule has 0 aliphatic heterocycles. The van der Waals surface area contributed by atoms with Gasteiger partial charge in [-0.3, -0.25) is 0 Å². The van der Waals surface area contributed by atoms with Crippen LogP contribution in [0.5, 0.6) is 0 Å². The number of nitrogens with one attached hydrogen (secondary N) is 2. The molecule has 2 rings (SSSR count). The van der Waals surface area contributed by atoms with Gasteiger partial charge in [0.05, 0.1) is 4.90 Å². The van der Waals surface area contributed by atoms with Crippen LogP contribution in [-0.4, -0.2) is 50.8 Å². The first-order valence-electron chi connectivity index (χ1n) is 9.45. The number of sulfonamides is 1. The Labute approximate surface area is 173 Å². The first-order chi connectivity index (χ1) is 13.6. The van der Waals surface area contributed by atoms with E-state index in [1.165, 1.54) is 22.0 Å². The largest absolute Gasteiger partial charge is 0.334 e. The monoisotopic (exact) mass is 418 g/mol. The van der Waals surface area contributed by atoms with Gasteiger partial charge in [-0.2, -0.15) is 4.31 Å². The van der Waals surface area contributed by atoms with E-state index >= 15 is 0 Å². The molecular formula is C21H30N4O3S. The van der Waals surface area contributed by atoms with Crippen LogP contribution in [0.2, 0.25) is 0 Å². The highest BCUT2D eigenvalue weighted by Gasteiger charge is 2.22. The van der Waals surface area contributed by atoms with Crippen LogP contribution in [0.25, 0.3) is 0 Å². The van der Waals surface area contributed by atoms with Crippen molar-refractivity contribution in [3.63, 3.8) is 0 Å². The first-order valence-corrected chi connectivity index (χ1v) is 10.9. The molecule has 0 aliphatic carbocycles. The van der Waals surface area contributed by atoms with Gasteiger partial charge in [-0.1, -0.05) is 24.3 Å². The number of nitrogens with zero attached hydrogens (tertiary/aromatic N) is 2. The molecule has 8 heteroatoms. The van der Waals surface area contributed by atoms with Crippen LogP contribution in [0, 0.1) is 0 Å². The number of amides is 2. The molecule has 29 heavy (non-hydrogen) atoms. The molecule has 2 aromatic rings. The Hall–Kier alpha value is -2.42. The molecule has 0 aliphatic rings. The molecule has 2 aromatic carbocycles. The summed E-state index contributed by atoms with van der Waals surface area (Å²) >= 11 is 0. The van der Waals surface area contributed by atoms with Crippen molar-refractivity contribution in [1.29, 1.82) is 0 Å². The Bertz CT molecular complexity index is 925. The Morgan fingerprint density at radius 3 is 2.21 bits per heavy atom. The second-order valence-electron chi connectivity index (χ2n) is 7.50. The lowest BCUT2D eigenvalue weighted by molar-refractivity contribution is 0.251. The number of hydrogen-bond donors (Lipinski definition) is 2. The molecular weight excluding hydrogens is 388 g/mol. The Kier molecular flexibility index (Phi) is 7.78. The molecule has 0 aromatic heterocycles. The summed E-state index contributed by atoms with van der Waals surface area (Å²) in [6.45, 7) is 4.86. The second kappa shape index (κ2) is 9.87. The SMILES string of the molecule is CC(C)N(C)S(=O)(=O)c1ccc(NC(=O)NCc2cccc(CN(C)C)c2)cc1. The van der Waals surface area contributed by atoms with Crippen LogP contribution >= 0.6 is 0 Å². The van der Waals surface area contributed by atoms with Gasteiger partial charge in [0.15, 0.2) is 0 Å². The van der Waals surface area contributed by atoms with E-state index in [2.05, 4.69) is 27.7 Å². The van der Waals surface area contributed by atoms with Crippen molar-refractivity contribution in [1.82, 2.24) is 14.5 Å². The highest BCUT2D eigenvalue weighted by Crippen LogP contribution is 2.19. The van der Waals surface area contributed by atoms with Crippen molar-refractivity contribution in [3.8, 4) is 0 Å². The molecule has 0 unspecified atom stereocenters. The Balaban J connectivity index is 1.95. The zero-order valence-electron chi connectivity index (χ0n) is 17.6. The first kappa shape index (κ1) is 22.9. The van der Waals surface area contributed by atoms with Gasteiger partial charge in [-0.25, -0.2) is 13.2 Å². The van der Waals surface area contributed by atoms with Gasteiger partial charge in [0.1, 0.15) is 0 Å². The van der Waals surface area contributed by atoms with Crippen LogP contribution in [0.3, 0.4) is 0 Å². The molecule has 2 N–H and O–H groups in total. The third-order valence-electron chi connectivity index (χ3n) is 4.46. The van der Waals surface area contributed by atoms with Gasteiger partial charge in [0.25, 0.3) is 0 Å². The highest BCUT2D eigenvalue weighted by molar-refractivity contribution is 7.89. The van der Waals surface area contributed by atoms with Crippen molar-refractivity contribution in [3.05, 3.63) is 59.7 Å². The van der Waals surface area contributed by atoms with Crippen LogP contribution in [0.4, 0.5) is 10.5 Å². The van der Waals surface area contributed by atoms with Gasteiger partial charge >= 0.3 is 6.03 Å². The number of urea groups is 1. The molecule has 0 spiro atoms. The Morgan fingerprint density at radius 1 is 1.00 bits per heavy atom. The summed E-state index contributed by atoms with van der Waals surface area (Å²) in [5, 5.41) is 5.54. The lowest BCUT2D eigenvalue weighted by atomic mass is 10.1. The van der Waals surface area contributed by atoms with Crippen LogP contribution in [-0.2, 0) is 23.1 Å². The summed E-state index contributed by atoms with van der Waals surface area (Å²) in [5.41, 5.74) is 2.71. The van der Waals surface area contributed by atoms with E-state index in [-0.39, 0.29) is 17.0 Å². The van der Waals surface area contributed by atoms with E-state index in [1.54, 1.807) is 19.2 Å². The normalized spacial score (nSPS) is 11.9. The lowest BCUT2D eigenvalue weighted by Crippen LogP contribution is -2.33. The average molecular weight is 419 g/mol. The maximum atomic E-state index is 12.5. The van der Waals surface area contributed by atoms with Gasteiger partial charge in [-0.05, 0) is 63.3 Å². The third-order valence-corrected chi connectivity index (χ3v) is 6.51. The molecule has 0 atom stereocenters. The van der Waals surface area contributed by atoms with Crippen LogP contribution in [0.15, 0.2) is 53.4 Å². The van der Waals surface area contributed by atoms with Crippen LogP contribution in [0.1, 0.15) is 25.0 Å². The fourth-order valence-electron chi connectivity index (χ4n) is 2.71. The maximum absolute atomic E-state index is 12.5. The third kappa shape index (κ3) is 6.56. The number of anilines is 1. The van der Waals surface area contributed by atoms with Gasteiger partial charge < -0.3 is 15.5 Å². The summed E-state index contributed by atoms with van der Waals surface area (Å²) in [7, 11) is 2.03. The standard InChI is InChI=1S/C21H30N4O3S/c1-16(2)25(5)29(27,28)20-11-9-19(10-12-20)23-21(26)22-14-17-7-6-8-18(13-17)15-24(3)4/h6-13,16H,14-15H2,1-5H3,(H2,22,23,26). The fourth-order valence-corrected chi connectivity index (χ4v) is 4.08. The average Bonchev–Trinajstić information content (AvgIpc) is 2.66. The van der Waals surface area contributed by atoms with Crippen molar-refractivity contribution in [2.45, 2.75) is 37.9 Å². The molecule has 0 saturated carbocycles. The zero-order valence-corrected chi connectivity index (χ0v) is 18.5. The number of carbonyl (C=O) groups excluding carboxylic acids is 1. The molecule has 158 valence electrons. The molecule has 0 heterocycles. The van der Waals surface area contributed by atoms with Crippen molar-refractivity contribution in [2.24, 2.45) is 0 Å². The van der Waals surface area contributed by atoms with Gasteiger partial charge in [0, 0.05) is 31.9 Å². The van der Waals surface area contributed by atoms with Gasteiger partial charge in [-0.15, -0.1) is 0 Å². The molecule has 0 saturated heterocycles. The number of carbonyl (C=O) groups is 1. The lowest BCUT2D eigenvalue weighted by Gasteiger charge is -2.21. The number of benzene rings is 2. The highest BCUT2D eigenvalue weighted by atomic mass is 32.2. The van der Waals surface area contributed by atoms with E-state index in [4.69, 9.17) is 0 Å². The topological polar surface area (TPSA) is 81.8 Å². The second-order valence-corrected chi connectivity index (χ2v) is 9.50.